The summed E-state index contributed by atoms with van der Waals surface area (Å²) in [5.41, 5.74) is 5.75. The number of Topliss-reactive ketones (excluding diaryl/α,β-unsaturated/α-hetero) is 2. The van der Waals surface area contributed by atoms with Crippen molar-refractivity contribution in [2.24, 2.45) is 11.7 Å². The molecule has 0 radical (unpaired) electrons. The fourth-order valence-electron chi connectivity index (χ4n) is 5.50. The number of nitrogens with one attached hydrogen (secondary N) is 2. The van der Waals surface area contributed by atoms with Crippen LogP contribution >= 0.6 is 0 Å². The first-order valence-corrected chi connectivity index (χ1v) is 10.8. The summed E-state index contributed by atoms with van der Waals surface area (Å²) < 4.78 is 21.7. The van der Waals surface area contributed by atoms with Crippen molar-refractivity contribution in [1.29, 1.82) is 0 Å². The van der Waals surface area contributed by atoms with Gasteiger partial charge in [0.05, 0.1) is 37.6 Å². The van der Waals surface area contributed by atoms with Crippen molar-refractivity contribution in [2.45, 2.75) is 24.7 Å². The second kappa shape index (κ2) is 7.74. The largest absolute Gasteiger partial charge is 0.493 e. The topological polar surface area (TPSA) is 151 Å². The van der Waals surface area contributed by atoms with Crippen LogP contribution in [0.3, 0.4) is 0 Å². The van der Waals surface area contributed by atoms with Gasteiger partial charge in [0, 0.05) is 42.6 Å². The van der Waals surface area contributed by atoms with E-state index in [1.54, 1.807) is 25.1 Å². The molecule has 2 saturated heterocycles. The molecule has 3 heterocycles. The Morgan fingerprint density at radius 3 is 2.59 bits per heavy atom. The summed E-state index contributed by atoms with van der Waals surface area (Å²) in [6, 6.07) is 5.12. The standard InChI is InChI=1S/C23H26N4O7/c1-10-17(25-11-5-6-14(31-2)15(7-11)32-3)20(29)16-12(9-34-22(24)30)23(33-4)21-13(26-21)8-27(23)18(16)19(10)28/h5-7,12-13,21,25-26H,8-9H2,1-4H3,(H2,24,30)/t12-,13+,21+,23-/m1/s1. The van der Waals surface area contributed by atoms with E-state index >= 15 is 0 Å². The third-order valence-electron chi connectivity index (χ3n) is 7.08. The van der Waals surface area contributed by atoms with Crippen molar-refractivity contribution in [2.75, 3.05) is 39.8 Å². The minimum absolute atomic E-state index is 0.104. The van der Waals surface area contributed by atoms with E-state index in [4.69, 9.17) is 24.7 Å². The van der Waals surface area contributed by atoms with Gasteiger partial charge >= 0.3 is 6.09 Å². The molecule has 4 N–H and O–H groups in total. The first-order valence-electron chi connectivity index (χ1n) is 10.8. The predicted octanol–water partition coefficient (Wildman–Crippen LogP) is 0.519. The van der Waals surface area contributed by atoms with Crippen LogP contribution < -0.4 is 25.8 Å². The second-order valence-corrected chi connectivity index (χ2v) is 8.62. The molecule has 34 heavy (non-hydrogen) atoms. The zero-order valence-corrected chi connectivity index (χ0v) is 19.3. The SMILES string of the molecule is COc1ccc(NC2=C(C)C(=O)C3=C(C2=O)[C@@H](COC(N)=O)[C@@]2(OC)[C@H]4N[C@H]4CN32)cc1OC. The van der Waals surface area contributed by atoms with Crippen molar-refractivity contribution in [3.63, 3.8) is 0 Å². The molecule has 0 unspecified atom stereocenters. The number of carbonyl (C=O) groups excluding carboxylic acids is 3. The maximum absolute atomic E-state index is 13.8. The monoisotopic (exact) mass is 470 g/mol. The zero-order valence-electron chi connectivity index (χ0n) is 19.3. The smallest absolute Gasteiger partial charge is 0.404 e. The van der Waals surface area contributed by atoms with Crippen LogP contribution in [0.2, 0.25) is 0 Å². The number of hydrogen-bond donors (Lipinski definition) is 3. The lowest BCUT2D eigenvalue weighted by Gasteiger charge is -2.39. The number of ether oxygens (including phenoxy) is 4. The number of nitrogens with two attached hydrogens (primary N) is 1. The number of fused-ring (bicyclic) bond motifs is 4. The number of primary amides is 1. The molecule has 1 aliphatic carbocycles. The second-order valence-electron chi connectivity index (χ2n) is 8.62. The number of piperazine rings is 1. The highest BCUT2D eigenvalue weighted by Crippen LogP contribution is 2.55. The van der Waals surface area contributed by atoms with E-state index < -0.39 is 17.7 Å². The third-order valence-corrected chi connectivity index (χ3v) is 7.08. The lowest BCUT2D eigenvalue weighted by molar-refractivity contribution is -0.137. The van der Waals surface area contributed by atoms with Crippen LogP contribution in [0.25, 0.3) is 0 Å². The number of hydrogen-bond acceptors (Lipinski definition) is 10. The van der Waals surface area contributed by atoms with Gasteiger partial charge in [0.15, 0.2) is 17.2 Å². The number of carbonyl (C=O) groups is 3. The van der Waals surface area contributed by atoms with Crippen LogP contribution in [0.5, 0.6) is 11.5 Å². The molecule has 0 aromatic heterocycles. The fraction of sp³-hybridized carbons (Fsp3) is 0.435. The molecule has 180 valence electrons. The molecule has 5 rings (SSSR count). The normalized spacial score (nSPS) is 29.1. The first-order chi connectivity index (χ1) is 16.3. The van der Waals surface area contributed by atoms with Crippen molar-refractivity contribution in [3.05, 3.63) is 40.7 Å². The fourth-order valence-corrected chi connectivity index (χ4v) is 5.50. The quantitative estimate of drug-likeness (QED) is 0.380. The summed E-state index contributed by atoms with van der Waals surface area (Å²) >= 11 is 0. The van der Waals surface area contributed by atoms with Crippen LogP contribution in [-0.2, 0) is 19.1 Å². The molecule has 11 heteroatoms. The number of amides is 1. The number of ketones is 2. The molecule has 3 aliphatic heterocycles. The minimum atomic E-state index is -1.02. The molecule has 0 saturated carbocycles. The Bertz CT molecular complexity index is 1180. The van der Waals surface area contributed by atoms with Crippen molar-refractivity contribution < 1.29 is 33.3 Å². The highest BCUT2D eigenvalue weighted by atomic mass is 16.6. The number of benzene rings is 1. The van der Waals surface area contributed by atoms with Crippen LogP contribution in [0.4, 0.5) is 10.5 Å². The van der Waals surface area contributed by atoms with Gasteiger partial charge in [0.25, 0.3) is 0 Å². The lowest BCUT2D eigenvalue weighted by Crippen LogP contribution is -2.55. The molecule has 4 atom stereocenters. The Hall–Kier alpha value is -3.57. The van der Waals surface area contributed by atoms with Crippen molar-refractivity contribution in [3.8, 4) is 11.5 Å². The minimum Gasteiger partial charge on any atom is -0.493 e. The zero-order chi connectivity index (χ0) is 24.4. The lowest BCUT2D eigenvalue weighted by atomic mass is 9.82. The Kier molecular flexibility index (Phi) is 5.06. The van der Waals surface area contributed by atoms with Gasteiger partial charge < -0.3 is 40.2 Å². The molecule has 1 aromatic carbocycles. The Balaban J connectivity index is 1.54. The van der Waals surface area contributed by atoms with Crippen molar-refractivity contribution in [1.82, 2.24) is 10.2 Å². The molecule has 2 fully saturated rings. The average molecular weight is 470 g/mol. The van der Waals surface area contributed by atoms with Gasteiger partial charge in [0.2, 0.25) is 11.6 Å². The third kappa shape index (κ3) is 2.93. The van der Waals surface area contributed by atoms with E-state index in [1.165, 1.54) is 21.3 Å². The van der Waals surface area contributed by atoms with Gasteiger partial charge in [-0.3, -0.25) is 9.59 Å². The molecule has 4 aliphatic rings. The van der Waals surface area contributed by atoms with Crippen LogP contribution in [0, 0.1) is 5.92 Å². The molecular formula is C23H26N4O7. The molecule has 1 aromatic rings. The van der Waals surface area contributed by atoms with Gasteiger partial charge in [-0.05, 0) is 19.1 Å². The maximum Gasteiger partial charge on any atom is 0.404 e. The molecule has 0 spiro atoms. The number of rotatable bonds is 7. The van der Waals surface area contributed by atoms with Crippen molar-refractivity contribution >= 4 is 23.3 Å². The number of anilines is 1. The first kappa shape index (κ1) is 22.2. The van der Waals surface area contributed by atoms with Crippen LogP contribution in [0.15, 0.2) is 40.7 Å². The van der Waals surface area contributed by atoms with Gasteiger partial charge in [-0.25, -0.2) is 4.79 Å². The Morgan fingerprint density at radius 1 is 1.21 bits per heavy atom. The summed E-state index contributed by atoms with van der Waals surface area (Å²) in [5, 5.41) is 6.42. The predicted molar refractivity (Wildman–Crippen MR) is 119 cm³/mol. The summed E-state index contributed by atoms with van der Waals surface area (Å²) in [6.45, 7) is 1.93. The summed E-state index contributed by atoms with van der Waals surface area (Å²) in [5.74, 6) is -0.330. The average Bonchev–Trinajstić information content (AvgIpc) is 3.44. The van der Waals surface area contributed by atoms with E-state index in [0.717, 1.165) is 0 Å². The van der Waals surface area contributed by atoms with Crippen LogP contribution in [-0.4, -0.2) is 74.8 Å². The summed E-state index contributed by atoms with van der Waals surface area (Å²) in [6.07, 6.45) is -0.963. The van der Waals surface area contributed by atoms with Gasteiger partial charge in [0.1, 0.15) is 6.61 Å². The van der Waals surface area contributed by atoms with Gasteiger partial charge in [-0.2, -0.15) is 0 Å². The summed E-state index contributed by atoms with van der Waals surface area (Å²) in [7, 11) is 4.57. The molecule has 0 bridgehead atoms. The van der Waals surface area contributed by atoms with Gasteiger partial charge in [-0.15, -0.1) is 0 Å². The van der Waals surface area contributed by atoms with E-state index in [0.29, 0.717) is 29.4 Å². The summed E-state index contributed by atoms with van der Waals surface area (Å²) in [4.78, 5) is 40.7. The maximum atomic E-state index is 13.8. The molecule has 11 nitrogen and oxygen atoms in total. The van der Waals surface area contributed by atoms with Crippen LogP contribution in [0.1, 0.15) is 6.92 Å². The Labute approximate surface area is 195 Å². The highest BCUT2D eigenvalue weighted by Gasteiger charge is 2.72. The van der Waals surface area contributed by atoms with E-state index in [-0.39, 0.29) is 47.1 Å². The number of methoxy groups -OCH3 is 3. The molecule has 1 amide bonds. The van der Waals surface area contributed by atoms with E-state index in [1.807, 2.05) is 4.90 Å². The number of allylic oxidation sites excluding steroid dienone is 2. The highest BCUT2D eigenvalue weighted by molar-refractivity contribution is 6.26. The molecular weight excluding hydrogens is 444 g/mol. The van der Waals surface area contributed by atoms with E-state index in [2.05, 4.69) is 10.6 Å². The van der Waals surface area contributed by atoms with E-state index in [9.17, 15) is 14.4 Å². The number of nitrogens with zero attached hydrogens (tertiary/aromatic N) is 1. The Morgan fingerprint density at radius 2 is 1.94 bits per heavy atom. The van der Waals surface area contributed by atoms with Gasteiger partial charge in [-0.1, -0.05) is 0 Å².